The molecule has 23 heavy (non-hydrogen) atoms. The highest BCUT2D eigenvalue weighted by molar-refractivity contribution is 5.97. The van der Waals surface area contributed by atoms with Crippen LogP contribution < -0.4 is 10.6 Å². The van der Waals surface area contributed by atoms with Gasteiger partial charge in [-0.05, 0) is 56.2 Å². The highest BCUT2D eigenvalue weighted by Gasteiger charge is 2.41. The number of alkyl halides is 3. The smallest absolute Gasteiger partial charge is 0.385 e. The van der Waals surface area contributed by atoms with Crippen LogP contribution in [0.15, 0.2) is 18.2 Å². The van der Waals surface area contributed by atoms with Crippen molar-refractivity contribution < 1.29 is 18.0 Å². The van der Waals surface area contributed by atoms with E-state index in [1.807, 2.05) is 12.1 Å². The number of anilines is 1. The van der Waals surface area contributed by atoms with Crippen LogP contribution in [0.4, 0.5) is 18.9 Å². The molecule has 2 N–H and O–H groups in total. The summed E-state index contributed by atoms with van der Waals surface area (Å²) >= 11 is 0. The van der Waals surface area contributed by atoms with Gasteiger partial charge in [0.05, 0.1) is 5.92 Å². The van der Waals surface area contributed by atoms with Gasteiger partial charge in [-0.2, -0.15) is 13.2 Å². The third-order valence-corrected chi connectivity index (χ3v) is 4.86. The van der Waals surface area contributed by atoms with E-state index in [0.29, 0.717) is 18.4 Å². The fourth-order valence-electron chi connectivity index (χ4n) is 3.55. The van der Waals surface area contributed by atoms with E-state index in [9.17, 15) is 18.0 Å². The second-order valence-electron chi connectivity index (χ2n) is 6.43. The van der Waals surface area contributed by atoms with Gasteiger partial charge in [-0.3, -0.25) is 4.79 Å². The highest BCUT2D eigenvalue weighted by Crippen LogP contribution is 2.37. The van der Waals surface area contributed by atoms with Gasteiger partial charge in [-0.15, -0.1) is 0 Å². The summed E-state index contributed by atoms with van der Waals surface area (Å²) in [6.07, 6.45) is -1.29. The summed E-state index contributed by atoms with van der Waals surface area (Å²) in [5.41, 5.74) is 2.65. The summed E-state index contributed by atoms with van der Waals surface area (Å²) in [6.45, 7) is 0.902. The molecule has 6 heteroatoms. The molecule has 1 aliphatic heterocycles. The van der Waals surface area contributed by atoms with Crippen molar-refractivity contribution in [2.45, 2.75) is 50.7 Å². The fraction of sp³-hybridized carbons (Fsp3) is 0.588. The Morgan fingerprint density at radius 3 is 2.61 bits per heavy atom. The van der Waals surface area contributed by atoms with Gasteiger partial charge < -0.3 is 10.6 Å². The van der Waals surface area contributed by atoms with Gasteiger partial charge in [0, 0.05) is 23.8 Å². The first-order chi connectivity index (χ1) is 10.9. The average Bonchev–Trinajstić information content (AvgIpc) is 2.54. The third-order valence-electron chi connectivity index (χ3n) is 4.86. The van der Waals surface area contributed by atoms with Crippen molar-refractivity contribution in [1.82, 2.24) is 5.32 Å². The molecule has 1 aromatic carbocycles. The average molecular weight is 326 g/mol. The van der Waals surface area contributed by atoms with Crippen LogP contribution in [0.2, 0.25) is 0 Å². The van der Waals surface area contributed by atoms with Crippen LogP contribution in [-0.4, -0.2) is 24.7 Å². The number of carbonyl (C=O) groups excluding carboxylic acids is 1. The summed E-state index contributed by atoms with van der Waals surface area (Å²) in [6, 6.07) is 5.43. The number of fused-ring (bicyclic) bond motifs is 1. The van der Waals surface area contributed by atoms with Gasteiger partial charge in [0.2, 0.25) is 0 Å². The molecule has 0 spiro atoms. The normalized spacial score (nSPS) is 24.5. The van der Waals surface area contributed by atoms with Gasteiger partial charge in [0.1, 0.15) is 0 Å². The highest BCUT2D eigenvalue weighted by atomic mass is 19.4. The number of hydrogen-bond acceptors (Lipinski definition) is 2. The number of amides is 1. The molecule has 0 saturated heterocycles. The summed E-state index contributed by atoms with van der Waals surface area (Å²) in [4.78, 5) is 12.5. The van der Waals surface area contributed by atoms with E-state index in [0.717, 1.165) is 30.6 Å². The maximum absolute atomic E-state index is 12.7. The van der Waals surface area contributed by atoms with E-state index in [-0.39, 0.29) is 24.8 Å². The molecular weight excluding hydrogens is 305 g/mol. The molecule has 0 atom stereocenters. The number of carbonyl (C=O) groups is 1. The maximum atomic E-state index is 12.7. The molecule has 1 aromatic rings. The summed E-state index contributed by atoms with van der Waals surface area (Å²) in [7, 11) is 0. The molecule has 0 unspecified atom stereocenters. The molecule has 1 heterocycles. The summed E-state index contributed by atoms with van der Waals surface area (Å²) in [5.74, 6) is -1.38. The number of benzene rings is 1. The van der Waals surface area contributed by atoms with Crippen LogP contribution in [0.25, 0.3) is 0 Å². The number of nitrogens with one attached hydrogen (secondary N) is 2. The molecule has 2 aliphatic rings. The molecule has 3 rings (SSSR count). The van der Waals surface area contributed by atoms with Crippen LogP contribution >= 0.6 is 0 Å². The predicted octanol–water partition coefficient (Wildman–Crippen LogP) is 3.90. The first kappa shape index (κ1) is 16.1. The Morgan fingerprint density at radius 1 is 1.17 bits per heavy atom. The molecule has 0 aromatic heterocycles. The minimum Gasteiger partial charge on any atom is -0.385 e. The standard InChI is InChI=1S/C17H21F3N2O/c18-17(19,20)11-6-8-12(9-7-11)22-16(23)14-3-1-5-15-13(14)4-2-10-21-15/h1,3,5,11-12,21H,2,4,6-10H2,(H,22,23). The Labute approximate surface area is 133 Å². The zero-order valence-corrected chi connectivity index (χ0v) is 12.9. The fourth-order valence-corrected chi connectivity index (χ4v) is 3.55. The van der Waals surface area contributed by atoms with Crippen molar-refractivity contribution in [1.29, 1.82) is 0 Å². The van der Waals surface area contributed by atoms with Crippen molar-refractivity contribution >= 4 is 11.6 Å². The molecule has 1 amide bonds. The second-order valence-corrected chi connectivity index (χ2v) is 6.43. The number of hydrogen-bond donors (Lipinski definition) is 2. The van der Waals surface area contributed by atoms with Gasteiger partial charge in [-0.25, -0.2) is 0 Å². The number of halogens is 3. The van der Waals surface area contributed by atoms with E-state index in [2.05, 4.69) is 10.6 Å². The van der Waals surface area contributed by atoms with Gasteiger partial charge in [0.25, 0.3) is 5.91 Å². The van der Waals surface area contributed by atoms with Crippen molar-refractivity contribution in [2.24, 2.45) is 5.92 Å². The van der Waals surface area contributed by atoms with E-state index in [1.54, 1.807) is 6.07 Å². The van der Waals surface area contributed by atoms with E-state index in [4.69, 9.17) is 0 Å². The zero-order chi connectivity index (χ0) is 16.4. The lowest BCUT2D eigenvalue weighted by molar-refractivity contribution is -0.182. The minimum absolute atomic E-state index is 0.100. The SMILES string of the molecule is O=C(NC1CCC(C(F)(F)F)CC1)c1cccc2c1CCCN2. The van der Waals surface area contributed by atoms with Crippen molar-refractivity contribution in [3.63, 3.8) is 0 Å². The monoisotopic (exact) mass is 326 g/mol. The Kier molecular flexibility index (Phi) is 4.50. The molecular formula is C17H21F3N2O. The molecule has 0 bridgehead atoms. The lowest BCUT2D eigenvalue weighted by Gasteiger charge is -2.30. The lowest BCUT2D eigenvalue weighted by Crippen LogP contribution is -2.40. The van der Waals surface area contributed by atoms with Gasteiger partial charge in [-0.1, -0.05) is 6.07 Å². The van der Waals surface area contributed by atoms with Crippen LogP contribution in [0.1, 0.15) is 48.0 Å². The Balaban J connectivity index is 1.63. The quantitative estimate of drug-likeness (QED) is 0.865. The molecule has 1 aliphatic carbocycles. The first-order valence-corrected chi connectivity index (χ1v) is 8.18. The Hall–Kier alpha value is -1.72. The van der Waals surface area contributed by atoms with Gasteiger partial charge in [0.15, 0.2) is 0 Å². The van der Waals surface area contributed by atoms with E-state index >= 15 is 0 Å². The van der Waals surface area contributed by atoms with Crippen molar-refractivity contribution in [3.05, 3.63) is 29.3 Å². The Morgan fingerprint density at radius 2 is 1.91 bits per heavy atom. The van der Waals surface area contributed by atoms with E-state index < -0.39 is 12.1 Å². The third kappa shape index (κ3) is 3.62. The number of rotatable bonds is 2. The maximum Gasteiger partial charge on any atom is 0.391 e. The van der Waals surface area contributed by atoms with Crippen molar-refractivity contribution in [3.8, 4) is 0 Å². The predicted molar refractivity (Wildman–Crippen MR) is 82.5 cm³/mol. The molecule has 0 radical (unpaired) electrons. The largest absolute Gasteiger partial charge is 0.391 e. The van der Waals surface area contributed by atoms with E-state index in [1.165, 1.54) is 0 Å². The summed E-state index contributed by atoms with van der Waals surface area (Å²) in [5, 5.41) is 6.20. The molecule has 1 fully saturated rings. The van der Waals surface area contributed by atoms with Crippen LogP contribution in [0.3, 0.4) is 0 Å². The molecule has 126 valence electrons. The minimum atomic E-state index is -4.11. The van der Waals surface area contributed by atoms with Crippen LogP contribution in [0.5, 0.6) is 0 Å². The topological polar surface area (TPSA) is 41.1 Å². The molecule has 1 saturated carbocycles. The van der Waals surface area contributed by atoms with Gasteiger partial charge >= 0.3 is 6.18 Å². The second kappa shape index (κ2) is 6.42. The first-order valence-electron chi connectivity index (χ1n) is 8.18. The van der Waals surface area contributed by atoms with Crippen LogP contribution in [0, 0.1) is 5.92 Å². The summed E-state index contributed by atoms with van der Waals surface area (Å²) < 4.78 is 38.1. The van der Waals surface area contributed by atoms with Crippen LogP contribution in [-0.2, 0) is 6.42 Å². The Bertz CT molecular complexity index is 578. The lowest BCUT2D eigenvalue weighted by atomic mass is 9.85. The molecule has 3 nitrogen and oxygen atoms in total. The van der Waals surface area contributed by atoms with Crippen molar-refractivity contribution in [2.75, 3.05) is 11.9 Å². The zero-order valence-electron chi connectivity index (χ0n) is 12.9.